The fraction of sp³-hybridized carbons (Fsp3) is 0.273. The Morgan fingerprint density at radius 1 is 0.968 bits per heavy atom. The van der Waals surface area contributed by atoms with E-state index in [1.165, 1.54) is 12.2 Å². The minimum absolute atomic E-state index is 0.0463. The SMILES string of the molecule is Cc1cc(C)n(-c2ccc(N3CCN(C(=O)/C=C/c4cc(F)ccc4F)CC3)nn2)n1. The van der Waals surface area contributed by atoms with Crippen LogP contribution in [0.2, 0.25) is 0 Å². The molecule has 31 heavy (non-hydrogen) atoms. The summed E-state index contributed by atoms with van der Waals surface area (Å²) in [5.41, 5.74) is 1.95. The van der Waals surface area contributed by atoms with Crippen molar-refractivity contribution >= 4 is 17.8 Å². The maximum Gasteiger partial charge on any atom is 0.246 e. The molecule has 4 rings (SSSR count). The van der Waals surface area contributed by atoms with Gasteiger partial charge in [-0.25, -0.2) is 13.5 Å². The standard InChI is InChI=1S/C22H22F2N6O/c1-15-13-16(2)30(27-15)21-7-6-20(25-26-21)28-9-11-29(12-10-28)22(31)8-3-17-14-18(23)4-5-19(17)24/h3-8,13-14H,9-12H2,1-2H3/b8-3+. The molecule has 0 N–H and O–H groups in total. The minimum Gasteiger partial charge on any atom is -0.352 e. The third-order valence-electron chi connectivity index (χ3n) is 5.14. The zero-order valence-electron chi connectivity index (χ0n) is 17.3. The highest BCUT2D eigenvalue weighted by Gasteiger charge is 2.21. The van der Waals surface area contributed by atoms with Crippen molar-refractivity contribution in [1.82, 2.24) is 24.9 Å². The normalized spacial score (nSPS) is 14.5. The maximum absolute atomic E-state index is 13.7. The summed E-state index contributed by atoms with van der Waals surface area (Å²) >= 11 is 0. The molecule has 160 valence electrons. The molecule has 0 spiro atoms. The summed E-state index contributed by atoms with van der Waals surface area (Å²) in [5.74, 6) is 0.0201. The molecule has 0 bridgehead atoms. The number of hydrogen-bond donors (Lipinski definition) is 0. The molecule has 1 aliphatic heterocycles. The monoisotopic (exact) mass is 424 g/mol. The second-order valence-corrected chi connectivity index (χ2v) is 7.40. The number of carbonyl (C=O) groups is 1. The smallest absolute Gasteiger partial charge is 0.246 e. The molecular formula is C22H22F2N6O. The highest BCUT2D eigenvalue weighted by atomic mass is 19.1. The van der Waals surface area contributed by atoms with Gasteiger partial charge in [0.2, 0.25) is 5.91 Å². The topological polar surface area (TPSA) is 67.2 Å². The number of anilines is 1. The van der Waals surface area contributed by atoms with E-state index in [0.29, 0.717) is 32.0 Å². The second kappa shape index (κ2) is 8.63. The first-order chi connectivity index (χ1) is 14.9. The Kier molecular flexibility index (Phi) is 5.75. The van der Waals surface area contributed by atoms with E-state index in [1.807, 2.05) is 32.0 Å². The molecule has 0 aliphatic carbocycles. The molecular weight excluding hydrogens is 402 g/mol. The zero-order chi connectivity index (χ0) is 22.0. The molecule has 7 nitrogen and oxygen atoms in total. The average Bonchev–Trinajstić information content (AvgIpc) is 3.12. The van der Waals surface area contributed by atoms with Crippen LogP contribution in [-0.4, -0.2) is 57.0 Å². The van der Waals surface area contributed by atoms with E-state index in [2.05, 4.69) is 20.2 Å². The van der Waals surface area contributed by atoms with Crippen LogP contribution in [0.1, 0.15) is 17.0 Å². The highest BCUT2D eigenvalue weighted by molar-refractivity contribution is 5.92. The Labute approximate surface area is 178 Å². The summed E-state index contributed by atoms with van der Waals surface area (Å²) in [5, 5.41) is 13.0. The molecule has 1 saturated heterocycles. The largest absolute Gasteiger partial charge is 0.352 e. The van der Waals surface area contributed by atoms with Crippen molar-refractivity contribution in [2.24, 2.45) is 0 Å². The Morgan fingerprint density at radius 2 is 1.68 bits per heavy atom. The Bertz CT molecular complexity index is 1120. The van der Waals surface area contributed by atoms with Crippen LogP contribution in [-0.2, 0) is 4.79 Å². The van der Waals surface area contributed by atoms with E-state index in [4.69, 9.17) is 0 Å². The third kappa shape index (κ3) is 4.60. The number of nitrogens with zero attached hydrogens (tertiary/aromatic N) is 6. The first kappa shape index (κ1) is 20.6. The average molecular weight is 424 g/mol. The zero-order valence-corrected chi connectivity index (χ0v) is 17.3. The summed E-state index contributed by atoms with van der Waals surface area (Å²) in [7, 11) is 0. The van der Waals surface area contributed by atoms with Crippen LogP contribution >= 0.6 is 0 Å². The van der Waals surface area contributed by atoms with Gasteiger partial charge in [-0.15, -0.1) is 10.2 Å². The van der Waals surface area contributed by atoms with E-state index in [-0.39, 0.29) is 11.5 Å². The fourth-order valence-corrected chi connectivity index (χ4v) is 3.53. The van der Waals surface area contributed by atoms with Gasteiger partial charge in [0.15, 0.2) is 11.6 Å². The number of rotatable bonds is 4. The molecule has 3 aromatic rings. The summed E-state index contributed by atoms with van der Waals surface area (Å²) in [6.07, 6.45) is 2.58. The summed E-state index contributed by atoms with van der Waals surface area (Å²) < 4.78 is 28.7. The quantitative estimate of drug-likeness (QED) is 0.603. The van der Waals surface area contributed by atoms with Crippen LogP contribution in [0.25, 0.3) is 11.9 Å². The van der Waals surface area contributed by atoms with Crippen molar-refractivity contribution in [3.05, 3.63) is 71.1 Å². The van der Waals surface area contributed by atoms with E-state index in [0.717, 1.165) is 35.4 Å². The van der Waals surface area contributed by atoms with Gasteiger partial charge in [0.25, 0.3) is 0 Å². The van der Waals surface area contributed by atoms with Crippen molar-refractivity contribution < 1.29 is 13.6 Å². The summed E-state index contributed by atoms with van der Waals surface area (Å²) in [6, 6.07) is 8.88. The van der Waals surface area contributed by atoms with Gasteiger partial charge in [-0.3, -0.25) is 4.79 Å². The number of aryl methyl sites for hydroxylation is 2. The molecule has 0 unspecified atom stereocenters. The number of amides is 1. The van der Waals surface area contributed by atoms with Gasteiger partial charge in [-0.1, -0.05) is 0 Å². The summed E-state index contributed by atoms with van der Waals surface area (Å²) in [6.45, 7) is 6.08. The molecule has 1 aliphatic rings. The number of benzene rings is 1. The molecule has 0 radical (unpaired) electrons. The molecule has 0 saturated carbocycles. The number of carbonyl (C=O) groups excluding carboxylic acids is 1. The highest BCUT2D eigenvalue weighted by Crippen LogP contribution is 2.16. The van der Waals surface area contributed by atoms with Crippen molar-refractivity contribution in [2.75, 3.05) is 31.1 Å². The van der Waals surface area contributed by atoms with Gasteiger partial charge >= 0.3 is 0 Å². The molecule has 3 heterocycles. The molecule has 1 fully saturated rings. The van der Waals surface area contributed by atoms with Gasteiger partial charge < -0.3 is 9.80 Å². The van der Waals surface area contributed by atoms with E-state index < -0.39 is 11.6 Å². The third-order valence-corrected chi connectivity index (χ3v) is 5.14. The van der Waals surface area contributed by atoms with Gasteiger partial charge in [-0.2, -0.15) is 5.10 Å². The van der Waals surface area contributed by atoms with Crippen LogP contribution in [0.5, 0.6) is 0 Å². The fourth-order valence-electron chi connectivity index (χ4n) is 3.53. The maximum atomic E-state index is 13.7. The molecule has 1 amide bonds. The van der Waals surface area contributed by atoms with Crippen molar-refractivity contribution in [3.63, 3.8) is 0 Å². The van der Waals surface area contributed by atoms with Gasteiger partial charge in [0, 0.05) is 43.5 Å². The van der Waals surface area contributed by atoms with Gasteiger partial charge in [-0.05, 0) is 56.3 Å². The first-order valence-corrected chi connectivity index (χ1v) is 9.95. The predicted molar refractivity (Wildman–Crippen MR) is 113 cm³/mol. The van der Waals surface area contributed by atoms with Gasteiger partial charge in [0.05, 0.1) is 5.69 Å². The number of aromatic nitrogens is 4. The molecule has 2 aromatic heterocycles. The van der Waals surface area contributed by atoms with Crippen LogP contribution in [0.4, 0.5) is 14.6 Å². The van der Waals surface area contributed by atoms with Crippen molar-refractivity contribution in [2.45, 2.75) is 13.8 Å². The summed E-state index contributed by atoms with van der Waals surface area (Å²) in [4.78, 5) is 16.1. The van der Waals surface area contributed by atoms with E-state index in [1.54, 1.807) is 9.58 Å². The lowest BCUT2D eigenvalue weighted by Crippen LogP contribution is -2.48. The van der Waals surface area contributed by atoms with Crippen LogP contribution < -0.4 is 4.90 Å². The predicted octanol–water partition coefficient (Wildman–Crippen LogP) is 2.92. The van der Waals surface area contributed by atoms with E-state index >= 15 is 0 Å². The second-order valence-electron chi connectivity index (χ2n) is 7.40. The van der Waals surface area contributed by atoms with Crippen molar-refractivity contribution in [3.8, 4) is 5.82 Å². The van der Waals surface area contributed by atoms with Crippen LogP contribution in [0.3, 0.4) is 0 Å². The number of halogens is 2. The number of hydrogen-bond acceptors (Lipinski definition) is 5. The lowest BCUT2D eigenvalue weighted by Gasteiger charge is -2.34. The Morgan fingerprint density at radius 3 is 2.32 bits per heavy atom. The lowest BCUT2D eigenvalue weighted by atomic mass is 10.2. The molecule has 1 aromatic carbocycles. The lowest BCUT2D eigenvalue weighted by molar-refractivity contribution is -0.126. The van der Waals surface area contributed by atoms with E-state index in [9.17, 15) is 13.6 Å². The molecule has 0 atom stereocenters. The minimum atomic E-state index is -0.572. The van der Waals surface area contributed by atoms with Crippen molar-refractivity contribution in [1.29, 1.82) is 0 Å². The molecule has 9 heteroatoms. The van der Waals surface area contributed by atoms with Crippen LogP contribution in [0, 0.1) is 25.5 Å². The van der Waals surface area contributed by atoms with Gasteiger partial charge in [0.1, 0.15) is 11.6 Å². The Hall–Kier alpha value is -3.62. The number of piperazine rings is 1. The van der Waals surface area contributed by atoms with Crippen LogP contribution in [0.15, 0.2) is 42.5 Å². The Balaban J connectivity index is 1.36. The first-order valence-electron chi connectivity index (χ1n) is 9.95.